The van der Waals surface area contributed by atoms with Gasteiger partial charge in [0.25, 0.3) is 5.91 Å². The Morgan fingerprint density at radius 2 is 1.90 bits per heavy atom. The molecule has 1 unspecified atom stereocenters. The van der Waals surface area contributed by atoms with E-state index in [0.29, 0.717) is 12.0 Å². The molecule has 0 radical (unpaired) electrons. The smallest absolute Gasteiger partial charge is 0.416 e. The molecule has 0 saturated heterocycles. The molecule has 0 heterocycles. The third-order valence-corrected chi connectivity index (χ3v) is 5.63. The van der Waals surface area contributed by atoms with Crippen molar-refractivity contribution in [2.24, 2.45) is 15.4 Å². The lowest BCUT2D eigenvalue weighted by Gasteiger charge is -2.12. The number of amides is 1. The van der Waals surface area contributed by atoms with E-state index < -0.39 is 39.7 Å². The fraction of sp³-hybridized carbons (Fsp3) is 0.350. The predicted octanol–water partition coefficient (Wildman–Crippen LogP) is 4.39. The van der Waals surface area contributed by atoms with E-state index in [0.717, 1.165) is 18.1 Å². The second kappa shape index (κ2) is 8.54. The van der Waals surface area contributed by atoms with E-state index in [4.69, 9.17) is 5.14 Å². The van der Waals surface area contributed by atoms with Crippen molar-refractivity contribution in [3.8, 4) is 5.75 Å². The Labute approximate surface area is 168 Å². The summed E-state index contributed by atoms with van der Waals surface area (Å²) in [4.78, 5) is 12.5. The molecule has 2 rings (SSSR count). The van der Waals surface area contributed by atoms with Crippen LogP contribution in [0.4, 0.5) is 13.2 Å². The van der Waals surface area contributed by atoms with Gasteiger partial charge in [0, 0.05) is 5.56 Å². The highest BCUT2D eigenvalue weighted by Gasteiger charge is 2.32. The first-order valence-electron chi connectivity index (χ1n) is 8.86. The zero-order valence-corrected chi connectivity index (χ0v) is 17.1. The zero-order chi connectivity index (χ0) is 22.0. The molecule has 158 valence electrons. The number of hydrogen-bond donors (Lipinski definition) is 2. The van der Waals surface area contributed by atoms with Crippen LogP contribution in [0, 0.1) is 12.8 Å². The monoisotopic (exact) mass is 428 g/mol. The van der Waals surface area contributed by atoms with Crippen molar-refractivity contribution >= 4 is 15.8 Å². The molecule has 2 aromatic rings. The normalized spacial score (nSPS) is 13.9. The van der Waals surface area contributed by atoms with Crippen molar-refractivity contribution < 1.29 is 27.3 Å². The maximum Gasteiger partial charge on any atom is 0.416 e. The van der Waals surface area contributed by atoms with Gasteiger partial charge in [-0.25, -0.2) is 9.35 Å². The number of carbonyl (C=O) groups is 1. The molecule has 5 nitrogen and oxygen atoms in total. The highest BCUT2D eigenvalue weighted by molar-refractivity contribution is 7.91. The average molecular weight is 428 g/mol. The van der Waals surface area contributed by atoms with Crippen LogP contribution < -0.4 is 5.14 Å². The van der Waals surface area contributed by atoms with Crippen LogP contribution >= 0.6 is 0 Å². The number of benzene rings is 2. The van der Waals surface area contributed by atoms with Crippen molar-refractivity contribution in [3.63, 3.8) is 0 Å². The lowest BCUT2D eigenvalue weighted by Crippen LogP contribution is -2.16. The molecule has 0 aliphatic heterocycles. The maximum absolute atomic E-state index is 12.8. The minimum absolute atomic E-state index is 0.0180. The summed E-state index contributed by atoms with van der Waals surface area (Å²) >= 11 is 0. The van der Waals surface area contributed by atoms with Gasteiger partial charge < -0.3 is 5.11 Å². The summed E-state index contributed by atoms with van der Waals surface area (Å²) in [6.45, 7) is 5.39. The quantitative estimate of drug-likeness (QED) is 0.740. The number of nitrogens with zero attached hydrogens (tertiary/aromatic N) is 1. The van der Waals surface area contributed by atoms with Crippen molar-refractivity contribution in [2.45, 2.75) is 44.7 Å². The summed E-state index contributed by atoms with van der Waals surface area (Å²) in [5, 5.41) is 15.7. The van der Waals surface area contributed by atoms with Crippen LogP contribution in [0.3, 0.4) is 0 Å². The van der Waals surface area contributed by atoms with Crippen molar-refractivity contribution in [2.75, 3.05) is 0 Å². The summed E-state index contributed by atoms with van der Waals surface area (Å²) in [6, 6.07) is 8.03. The average Bonchev–Trinajstić information content (AvgIpc) is 2.56. The number of halogens is 3. The van der Waals surface area contributed by atoms with Crippen LogP contribution in [0.5, 0.6) is 5.75 Å². The molecule has 0 bridgehead atoms. The topological polar surface area (TPSA) is 92.8 Å². The maximum atomic E-state index is 12.8. The molecule has 3 N–H and O–H groups in total. The second-order valence-corrected chi connectivity index (χ2v) is 9.06. The number of aryl methyl sites for hydroxylation is 1. The molecular formula is C20H23F3N2O3S. The highest BCUT2D eigenvalue weighted by atomic mass is 32.2. The number of phenolic OH excluding ortho intramolecular Hbond substituents is 1. The molecule has 29 heavy (non-hydrogen) atoms. The molecule has 1 amide bonds. The fourth-order valence-electron chi connectivity index (χ4n) is 2.91. The molecule has 2 aromatic carbocycles. The number of rotatable bonds is 5. The largest absolute Gasteiger partial charge is 0.508 e. The Balaban J connectivity index is 2.32. The summed E-state index contributed by atoms with van der Waals surface area (Å²) in [6.07, 6.45) is -4.41. The van der Waals surface area contributed by atoms with Gasteiger partial charge in [0.1, 0.15) is 15.7 Å². The van der Waals surface area contributed by atoms with Gasteiger partial charge in [-0.15, -0.1) is 4.36 Å². The molecule has 0 spiro atoms. The standard InChI is InChI=1S/C20H23F3N2O3S/c1-12(2)7-14-5-4-6-16(9-14)29(24,28)25-19(27)11-17-13(3)8-15(10-18(17)26)20(21,22)23/h4-6,8-10,12,26H,7,11H2,1-3H3,(H2,24,25,27,28). The first kappa shape index (κ1) is 22.9. The van der Waals surface area contributed by atoms with E-state index in [2.05, 4.69) is 4.36 Å². The Morgan fingerprint density at radius 3 is 2.45 bits per heavy atom. The SMILES string of the molecule is Cc1cc(C(F)(F)F)cc(O)c1CC(=O)N=S(N)(=O)c1cccc(CC(C)C)c1. The Hall–Kier alpha value is -2.39. The van der Waals surface area contributed by atoms with Crippen LogP contribution in [-0.2, 0) is 33.7 Å². The minimum Gasteiger partial charge on any atom is -0.508 e. The van der Waals surface area contributed by atoms with Gasteiger partial charge in [-0.3, -0.25) is 4.79 Å². The van der Waals surface area contributed by atoms with E-state index >= 15 is 0 Å². The number of carbonyl (C=O) groups excluding carboxylic acids is 1. The van der Waals surface area contributed by atoms with Crippen molar-refractivity contribution in [1.82, 2.24) is 0 Å². The first-order chi connectivity index (χ1) is 13.3. The van der Waals surface area contributed by atoms with E-state index in [1.165, 1.54) is 13.0 Å². The van der Waals surface area contributed by atoms with Crippen molar-refractivity contribution in [3.05, 3.63) is 58.7 Å². The molecule has 0 aliphatic carbocycles. The number of hydrogen-bond acceptors (Lipinski definition) is 3. The predicted molar refractivity (Wildman–Crippen MR) is 105 cm³/mol. The van der Waals surface area contributed by atoms with E-state index in [-0.39, 0.29) is 16.0 Å². The van der Waals surface area contributed by atoms with E-state index in [9.17, 15) is 27.3 Å². The van der Waals surface area contributed by atoms with Gasteiger partial charge >= 0.3 is 6.18 Å². The summed E-state index contributed by atoms with van der Waals surface area (Å²) in [5.74, 6) is -1.21. The Bertz CT molecular complexity index is 1020. The molecule has 0 aliphatic rings. The summed E-state index contributed by atoms with van der Waals surface area (Å²) in [5.41, 5.74) is -0.0707. The van der Waals surface area contributed by atoms with Crippen LogP contribution in [0.15, 0.2) is 45.7 Å². The zero-order valence-electron chi connectivity index (χ0n) is 16.3. The molecule has 1 atom stereocenters. The fourth-order valence-corrected chi connectivity index (χ4v) is 3.97. The highest BCUT2D eigenvalue weighted by Crippen LogP contribution is 2.34. The van der Waals surface area contributed by atoms with Crippen LogP contribution in [0.1, 0.15) is 36.1 Å². The Morgan fingerprint density at radius 1 is 1.24 bits per heavy atom. The van der Waals surface area contributed by atoms with E-state index in [1.54, 1.807) is 12.1 Å². The third-order valence-electron chi connectivity index (χ3n) is 4.22. The lowest BCUT2D eigenvalue weighted by atomic mass is 10.0. The number of alkyl halides is 3. The molecule has 0 fully saturated rings. The van der Waals surface area contributed by atoms with Gasteiger partial charge in [-0.1, -0.05) is 26.0 Å². The number of aromatic hydroxyl groups is 1. The number of phenols is 1. The first-order valence-corrected chi connectivity index (χ1v) is 10.4. The van der Waals surface area contributed by atoms with Crippen LogP contribution in [0.2, 0.25) is 0 Å². The Kier molecular flexibility index (Phi) is 6.74. The van der Waals surface area contributed by atoms with E-state index in [1.807, 2.05) is 19.9 Å². The van der Waals surface area contributed by atoms with Gasteiger partial charge in [0.15, 0.2) is 0 Å². The van der Waals surface area contributed by atoms with Crippen LogP contribution in [0.25, 0.3) is 0 Å². The molecule has 0 saturated carbocycles. The number of nitrogens with two attached hydrogens (primary N) is 1. The lowest BCUT2D eigenvalue weighted by molar-refractivity contribution is -0.137. The van der Waals surface area contributed by atoms with Gasteiger partial charge in [-0.05, 0) is 54.7 Å². The summed E-state index contributed by atoms with van der Waals surface area (Å²) < 4.78 is 54.8. The minimum atomic E-state index is -4.62. The van der Waals surface area contributed by atoms with Gasteiger partial charge in [0.05, 0.1) is 16.9 Å². The third kappa shape index (κ3) is 6.04. The summed E-state index contributed by atoms with van der Waals surface area (Å²) in [7, 11) is -3.53. The molecular weight excluding hydrogens is 405 g/mol. The van der Waals surface area contributed by atoms with Gasteiger partial charge in [-0.2, -0.15) is 13.2 Å². The second-order valence-electron chi connectivity index (χ2n) is 7.26. The molecule has 0 aromatic heterocycles. The van der Waals surface area contributed by atoms with Crippen molar-refractivity contribution in [1.29, 1.82) is 0 Å². The molecule has 9 heteroatoms. The van der Waals surface area contributed by atoms with Crippen LogP contribution in [-0.4, -0.2) is 15.2 Å². The van der Waals surface area contributed by atoms with Gasteiger partial charge in [0.2, 0.25) is 0 Å².